The lowest BCUT2D eigenvalue weighted by Gasteiger charge is -2.25. The molecule has 1 fully saturated rings. The number of anilines is 1. The third kappa shape index (κ3) is 5.89. The Labute approximate surface area is 204 Å². The summed E-state index contributed by atoms with van der Waals surface area (Å²) >= 11 is 0. The van der Waals surface area contributed by atoms with Crippen molar-refractivity contribution in [2.24, 2.45) is 4.99 Å². The predicted molar refractivity (Wildman–Crippen MR) is 118 cm³/mol. The molecule has 3 aromatic rings. The maximum Gasteiger partial charge on any atom is 0.416 e. The van der Waals surface area contributed by atoms with Gasteiger partial charge in [-0.05, 0) is 66.2 Å². The molecule has 0 aromatic heterocycles. The molecule has 1 saturated heterocycles. The molecule has 1 amide bonds. The van der Waals surface area contributed by atoms with Crippen molar-refractivity contribution in [3.8, 4) is 5.75 Å². The van der Waals surface area contributed by atoms with E-state index in [4.69, 9.17) is 0 Å². The molecule has 0 aliphatic carbocycles. The molecule has 1 heterocycles. The van der Waals surface area contributed by atoms with Crippen LogP contribution in [0.1, 0.15) is 29.2 Å². The van der Waals surface area contributed by atoms with Crippen molar-refractivity contribution in [1.82, 2.24) is 0 Å². The molecule has 1 atom stereocenters. The Morgan fingerprint density at radius 2 is 1.41 bits per heavy atom. The molecule has 194 valence electrons. The molecule has 0 bridgehead atoms. The molecule has 0 N–H and O–H groups in total. The Balaban J connectivity index is 1.73. The minimum absolute atomic E-state index is 0.0548. The lowest BCUT2D eigenvalue weighted by atomic mass is 10.0. The molecule has 12 heteroatoms. The Hall–Kier alpha value is -3.96. The Morgan fingerprint density at radius 3 is 1.95 bits per heavy atom. The van der Waals surface area contributed by atoms with E-state index in [0.29, 0.717) is 5.56 Å². The number of benzene rings is 3. The van der Waals surface area contributed by atoms with Gasteiger partial charge in [-0.3, -0.25) is 9.69 Å². The van der Waals surface area contributed by atoms with Crippen LogP contribution in [-0.4, -0.2) is 18.2 Å². The predicted octanol–water partition coefficient (Wildman–Crippen LogP) is 7.58. The maximum atomic E-state index is 13.3. The molecule has 4 rings (SSSR count). The van der Waals surface area contributed by atoms with Crippen LogP contribution in [-0.2, 0) is 17.1 Å². The molecule has 4 nitrogen and oxygen atoms in total. The standard InChI is InChI=1S/C25H16F8N2O2/c26-23(27)37-19-3-1-2-14(12-19)21-13-20(34-17-8-4-15(5-9-17)24(28,29)30)22(36)35(21)18-10-6-16(7-11-18)25(31,32)33/h1-12,21,23H,13H2. The largest absolute Gasteiger partial charge is 0.435 e. The number of carbonyl (C=O) groups is 1. The molecule has 0 radical (unpaired) electrons. The first-order chi connectivity index (χ1) is 17.3. The number of nitrogens with zero attached hydrogens (tertiary/aromatic N) is 2. The summed E-state index contributed by atoms with van der Waals surface area (Å²) in [6.07, 6.45) is -9.27. The van der Waals surface area contributed by atoms with Crippen LogP contribution in [0.5, 0.6) is 5.75 Å². The minimum Gasteiger partial charge on any atom is -0.435 e. The Bertz CT molecular complexity index is 1300. The van der Waals surface area contributed by atoms with Gasteiger partial charge in [-0.15, -0.1) is 0 Å². The molecule has 0 saturated carbocycles. The van der Waals surface area contributed by atoms with Gasteiger partial charge in [0, 0.05) is 12.1 Å². The average Bonchev–Trinajstić information content (AvgIpc) is 3.14. The number of amides is 1. The van der Waals surface area contributed by atoms with Crippen molar-refractivity contribution >= 4 is 23.0 Å². The highest BCUT2D eigenvalue weighted by molar-refractivity contribution is 6.46. The minimum atomic E-state index is -4.61. The summed E-state index contributed by atoms with van der Waals surface area (Å²) in [5, 5.41) is 0. The quantitative estimate of drug-likeness (QED) is 0.321. The van der Waals surface area contributed by atoms with Gasteiger partial charge >= 0.3 is 19.0 Å². The first-order valence-corrected chi connectivity index (χ1v) is 10.6. The number of rotatable bonds is 5. The van der Waals surface area contributed by atoms with Gasteiger partial charge in [0.2, 0.25) is 0 Å². The highest BCUT2D eigenvalue weighted by atomic mass is 19.4. The van der Waals surface area contributed by atoms with Crippen LogP contribution in [0, 0.1) is 0 Å². The highest BCUT2D eigenvalue weighted by Gasteiger charge is 2.39. The second-order valence-electron chi connectivity index (χ2n) is 7.99. The number of aliphatic imine (C=N–C) groups is 1. The van der Waals surface area contributed by atoms with Gasteiger partial charge in [-0.25, -0.2) is 4.99 Å². The van der Waals surface area contributed by atoms with E-state index < -0.39 is 42.0 Å². The van der Waals surface area contributed by atoms with Crippen LogP contribution in [0.25, 0.3) is 0 Å². The molecule has 37 heavy (non-hydrogen) atoms. The molecule has 1 aliphatic heterocycles. The lowest BCUT2D eigenvalue weighted by Crippen LogP contribution is -2.29. The van der Waals surface area contributed by atoms with Gasteiger partial charge in [0.15, 0.2) is 0 Å². The fraction of sp³-hybridized carbons (Fsp3) is 0.200. The molecular weight excluding hydrogens is 512 g/mol. The first-order valence-electron chi connectivity index (χ1n) is 10.6. The second kappa shape index (κ2) is 9.83. The Kier molecular flexibility index (Phi) is 6.94. The summed E-state index contributed by atoms with van der Waals surface area (Å²) in [7, 11) is 0. The maximum absolute atomic E-state index is 13.3. The molecule has 1 unspecified atom stereocenters. The summed E-state index contributed by atoms with van der Waals surface area (Å²) in [4.78, 5) is 18.6. The Morgan fingerprint density at radius 1 is 0.838 bits per heavy atom. The monoisotopic (exact) mass is 528 g/mol. The van der Waals surface area contributed by atoms with E-state index in [2.05, 4.69) is 9.73 Å². The summed E-state index contributed by atoms with van der Waals surface area (Å²) < 4.78 is 107. The first kappa shape index (κ1) is 26.1. The lowest BCUT2D eigenvalue weighted by molar-refractivity contribution is -0.138. The van der Waals surface area contributed by atoms with E-state index in [0.717, 1.165) is 53.4 Å². The van der Waals surface area contributed by atoms with Gasteiger partial charge in [0.1, 0.15) is 11.5 Å². The summed E-state index contributed by atoms with van der Waals surface area (Å²) in [6.45, 7) is -3.11. The van der Waals surface area contributed by atoms with Crippen molar-refractivity contribution in [2.75, 3.05) is 4.90 Å². The number of halogens is 8. The van der Waals surface area contributed by atoms with E-state index in [-0.39, 0.29) is 29.3 Å². The van der Waals surface area contributed by atoms with E-state index >= 15 is 0 Å². The molecular formula is C25H16F8N2O2. The van der Waals surface area contributed by atoms with Crippen molar-refractivity contribution in [2.45, 2.75) is 31.4 Å². The third-order valence-electron chi connectivity index (χ3n) is 5.56. The van der Waals surface area contributed by atoms with Crippen molar-refractivity contribution in [3.63, 3.8) is 0 Å². The van der Waals surface area contributed by atoms with Gasteiger partial charge in [-0.1, -0.05) is 12.1 Å². The summed E-state index contributed by atoms with van der Waals surface area (Å²) in [6, 6.07) is 12.1. The van der Waals surface area contributed by atoms with Crippen LogP contribution < -0.4 is 9.64 Å². The second-order valence-corrected chi connectivity index (χ2v) is 7.99. The average molecular weight is 528 g/mol. The fourth-order valence-corrected chi connectivity index (χ4v) is 3.89. The van der Waals surface area contributed by atoms with Crippen LogP contribution >= 0.6 is 0 Å². The van der Waals surface area contributed by atoms with E-state index in [1.54, 1.807) is 0 Å². The summed E-state index contributed by atoms with van der Waals surface area (Å²) in [5.74, 6) is -0.898. The molecule has 1 aliphatic rings. The number of hydrogen-bond donors (Lipinski definition) is 0. The van der Waals surface area contributed by atoms with Crippen LogP contribution in [0.3, 0.4) is 0 Å². The molecule has 3 aromatic carbocycles. The normalized spacial score (nSPS) is 17.6. The van der Waals surface area contributed by atoms with Crippen LogP contribution in [0.15, 0.2) is 77.8 Å². The van der Waals surface area contributed by atoms with E-state index in [1.807, 2.05) is 0 Å². The SMILES string of the molecule is O=C1C(=Nc2ccc(C(F)(F)F)cc2)CC(c2cccc(OC(F)F)c2)N1c1ccc(C(F)(F)F)cc1. The van der Waals surface area contributed by atoms with E-state index in [1.165, 1.54) is 24.3 Å². The zero-order valence-electron chi connectivity index (χ0n) is 18.5. The van der Waals surface area contributed by atoms with Gasteiger partial charge < -0.3 is 4.74 Å². The van der Waals surface area contributed by atoms with Crippen molar-refractivity contribution in [1.29, 1.82) is 0 Å². The van der Waals surface area contributed by atoms with Crippen molar-refractivity contribution in [3.05, 3.63) is 89.5 Å². The number of hydrogen-bond acceptors (Lipinski definition) is 3. The van der Waals surface area contributed by atoms with Crippen LogP contribution in [0.2, 0.25) is 0 Å². The number of carbonyl (C=O) groups excluding carboxylic acids is 1. The highest BCUT2D eigenvalue weighted by Crippen LogP contribution is 2.39. The fourth-order valence-electron chi connectivity index (χ4n) is 3.89. The number of alkyl halides is 8. The number of ether oxygens (including phenoxy) is 1. The topological polar surface area (TPSA) is 41.9 Å². The third-order valence-corrected chi connectivity index (χ3v) is 5.56. The smallest absolute Gasteiger partial charge is 0.416 e. The van der Waals surface area contributed by atoms with Gasteiger partial charge in [0.05, 0.1) is 22.9 Å². The van der Waals surface area contributed by atoms with Crippen LogP contribution in [0.4, 0.5) is 46.5 Å². The zero-order chi connectivity index (χ0) is 27.0. The van der Waals surface area contributed by atoms with Gasteiger partial charge in [-0.2, -0.15) is 35.1 Å². The summed E-state index contributed by atoms with van der Waals surface area (Å²) in [5.41, 5.74) is -1.45. The molecule has 0 spiro atoms. The zero-order valence-corrected chi connectivity index (χ0v) is 18.5. The van der Waals surface area contributed by atoms with Gasteiger partial charge in [0.25, 0.3) is 5.91 Å². The van der Waals surface area contributed by atoms with Crippen molar-refractivity contribution < 1.29 is 44.7 Å². The van der Waals surface area contributed by atoms with E-state index in [9.17, 15) is 39.9 Å².